The monoisotopic (exact) mass is 415 g/mol. The zero-order chi connectivity index (χ0) is 21.5. The van der Waals surface area contributed by atoms with Crippen LogP contribution in [0.1, 0.15) is 35.9 Å². The molecule has 30 heavy (non-hydrogen) atoms. The van der Waals surface area contributed by atoms with Crippen molar-refractivity contribution < 1.29 is 23.0 Å². The predicted octanol–water partition coefficient (Wildman–Crippen LogP) is 3.58. The van der Waals surface area contributed by atoms with Gasteiger partial charge in [-0.1, -0.05) is 6.07 Å². The van der Waals surface area contributed by atoms with E-state index >= 15 is 0 Å². The zero-order valence-corrected chi connectivity index (χ0v) is 16.5. The molecule has 4 rings (SSSR count). The number of amides is 1. The molecule has 0 aromatic carbocycles. The van der Waals surface area contributed by atoms with Crippen molar-refractivity contribution in [3.8, 4) is 17.1 Å². The highest BCUT2D eigenvalue weighted by atomic mass is 19.3. The third-order valence-electron chi connectivity index (χ3n) is 4.64. The normalized spacial score (nSPS) is 16.9. The highest BCUT2D eigenvalue weighted by molar-refractivity contribution is 6.03. The van der Waals surface area contributed by atoms with E-state index in [1.165, 1.54) is 12.3 Å². The molecule has 3 aromatic rings. The van der Waals surface area contributed by atoms with Crippen LogP contribution in [0.3, 0.4) is 0 Å². The molecule has 0 saturated heterocycles. The number of hydrogen-bond donors (Lipinski definition) is 1. The molecule has 1 aliphatic rings. The van der Waals surface area contributed by atoms with E-state index in [4.69, 9.17) is 9.47 Å². The molecule has 1 amide bonds. The Labute approximate surface area is 170 Å². The van der Waals surface area contributed by atoms with Gasteiger partial charge in [0.15, 0.2) is 0 Å². The average Bonchev–Trinajstić information content (AvgIpc) is 3.22. The Hall–Kier alpha value is -3.40. The molecular formula is C20H19F2N5O3. The molecule has 0 fully saturated rings. The Morgan fingerprint density at radius 3 is 2.83 bits per heavy atom. The van der Waals surface area contributed by atoms with Crippen LogP contribution in [0.5, 0.6) is 5.88 Å². The quantitative estimate of drug-likeness (QED) is 0.685. The summed E-state index contributed by atoms with van der Waals surface area (Å²) in [4.78, 5) is 21.2. The highest BCUT2D eigenvalue weighted by Crippen LogP contribution is 2.45. The van der Waals surface area contributed by atoms with Crippen LogP contribution in [0, 0.1) is 0 Å². The second-order valence-corrected chi connectivity index (χ2v) is 7.37. The van der Waals surface area contributed by atoms with E-state index in [0.29, 0.717) is 17.1 Å². The van der Waals surface area contributed by atoms with Gasteiger partial charge in [-0.2, -0.15) is 13.9 Å². The number of nitrogens with zero attached hydrogens (tertiary/aromatic N) is 4. The Morgan fingerprint density at radius 1 is 1.33 bits per heavy atom. The summed E-state index contributed by atoms with van der Waals surface area (Å²) in [5.41, 5.74) is 0.879. The molecule has 0 radical (unpaired) electrons. The second-order valence-electron chi connectivity index (χ2n) is 7.37. The lowest BCUT2D eigenvalue weighted by molar-refractivity contribution is -0.194. The van der Waals surface area contributed by atoms with Crippen LogP contribution >= 0.6 is 0 Å². The Morgan fingerprint density at radius 2 is 2.13 bits per heavy atom. The van der Waals surface area contributed by atoms with Gasteiger partial charge in [-0.3, -0.25) is 9.48 Å². The van der Waals surface area contributed by atoms with Crippen LogP contribution in [0.25, 0.3) is 11.3 Å². The topological polar surface area (TPSA) is 91.2 Å². The van der Waals surface area contributed by atoms with E-state index in [1.54, 1.807) is 50.0 Å². The van der Waals surface area contributed by atoms with Crippen LogP contribution in [-0.2, 0) is 11.8 Å². The fourth-order valence-corrected chi connectivity index (χ4v) is 3.29. The SMILES string of the molecule is Cn1cc(-c2cccc(NC(=O)c3cnc4c(c3)C(OC(F)F)C(C)(C)O4)n2)cn1. The van der Waals surface area contributed by atoms with Crippen LogP contribution in [0.2, 0.25) is 0 Å². The van der Waals surface area contributed by atoms with Crippen molar-refractivity contribution in [3.05, 3.63) is 54.0 Å². The van der Waals surface area contributed by atoms with Crippen molar-refractivity contribution >= 4 is 11.7 Å². The minimum Gasteiger partial charge on any atom is -0.468 e. The van der Waals surface area contributed by atoms with Crippen molar-refractivity contribution in [1.29, 1.82) is 0 Å². The van der Waals surface area contributed by atoms with Crippen LogP contribution in [0.4, 0.5) is 14.6 Å². The molecule has 8 nitrogen and oxygen atoms in total. The lowest BCUT2D eigenvalue weighted by atomic mass is 9.97. The second kappa shape index (κ2) is 7.45. The summed E-state index contributed by atoms with van der Waals surface area (Å²) in [5, 5.41) is 6.80. The van der Waals surface area contributed by atoms with Crippen molar-refractivity contribution in [2.75, 3.05) is 5.32 Å². The minimum absolute atomic E-state index is 0.166. The van der Waals surface area contributed by atoms with Crippen LogP contribution in [-0.4, -0.2) is 37.9 Å². The van der Waals surface area contributed by atoms with Crippen molar-refractivity contribution in [1.82, 2.24) is 19.7 Å². The summed E-state index contributed by atoms with van der Waals surface area (Å²) in [6.45, 7) is 0.255. The van der Waals surface area contributed by atoms with Gasteiger partial charge < -0.3 is 14.8 Å². The molecule has 10 heteroatoms. The first-order valence-corrected chi connectivity index (χ1v) is 9.13. The number of halogens is 2. The molecule has 1 atom stereocenters. The molecule has 156 valence electrons. The van der Waals surface area contributed by atoms with Crippen molar-refractivity contribution in [3.63, 3.8) is 0 Å². The minimum atomic E-state index is -2.99. The third-order valence-corrected chi connectivity index (χ3v) is 4.64. The fourth-order valence-electron chi connectivity index (χ4n) is 3.29. The van der Waals surface area contributed by atoms with Gasteiger partial charge in [0, 0.05) is 30.6 Å². The summed E-state index contributed by atoms with van der Waals surface area (Å²) in [7, 11) is 1.80. The number of alkyl halides is 2. The van der Waals surface area contributed by atoms with Crippen molar-refractivity contribution in [2.45, 2.75) is 32.2 Å². The van der Waals surface area contributed by atoms with E-state index in [9.17, 15) is 13.6 Å². The van der Waals surface area contributed by atoms with E-state index in [-0.39, 0.29) is 11.4 Å². The third kappa shape index (κ3) is 3.86. The Bertz CT molecular complexity index is 1100. The van der Waals surface area contributed by atoms with E-state index < -0.39 is 24.2 Å². The Balaban J connectivity index is 1.57. The zero-order valence-electron chi connectivity index (χ0n) is 16.5. The lowest BCUT2D eigenvalue weighted by Gasteiger charge is -2.25. The number of rotatable bonds is 5. The number of nitrogens with one attached hydrogen (secondary N) is 1. The first kappa shape index (κ1) is 19.9. The number of pyridine rings is 2. The number of carbonyl (C=O) groups is 1. The molecule has 1 aliphatic heterocycles. The summed E-state index contributed by atoms with van der Waals surface area (Å²) in [5.74, 6) is 0.0133. The molecule has 0 bridgehead atoms. The van der Waals surface area contributed by atoms with Gasteiger partial charge in [0.05, 0.1) is 17.5 Å². The maximum absolute atomic E-state index is 12.9. The number of aryl methyl sites for hydroxylation is 1. The van der Waals surface area contributed by atoms with Gasteiger partial charge >= 0.3 is 6.61 Å². The number of hydrogen-bond acceptors (Lipinski definition) is 6. The highest BCUT2D eigenvalue weighted by Gasteiger charge is 2.45. The number of carbonyl (C=O) groups excluding carboxylic acids is 1. The molecule has 0 spiro atoms. The first-order valence-electron chi connectivity index (χ1n) is 9.13. The number of aromatic nitrogens is 4. The molecule has 1 N–H and O–H groups in total. The number of anilines is 1. The average molecular weight is 415 g/mol. The Kier molecular flexibility index (Phi) is 4.94. The van der Waals surface area contributed by atoms with E-state index in [1.807, 2.05) is 6.20 Å². The van der Waals surface area contributed by atoms with E-state index in [0.717, 1.165) is 5.56 Å². The summed E-state index contributed by atoms with van der Waals surface area (Å²) >= 11 is 0. The fraction of sp³-hybridized carbons (Fsp3) is 0.300. The maximum Gasteiger partial charge on any atom is 0.346 e. The maximum atomic E-state index is 12.9. The van der Waals surface area contributed by atoms with Gasteiger partial charge in [-0.05, 0) is 32.0 Å². The molecule has 4 heterocycles. The van der Waals surface area contributed by atoms with Gasteiger partial charge in [0.2, 0.25) is 5.88 Å². The smallest absolute Gasteiger partial charge is 0.346 e. The molecule has 0 saturated carbocycles. The van der Waals surface area contributed by atoms with Gasteiger partial charge in [0.1, 0.15) is 17.5 Å². The molecule has 0 aliphatic carbocycles. The molecular weight excluding hydrogens is 396 g/mol. The van der Waals surface area contributed by atoms with Crippen LogP contribution < -0.4 is 10.1 Å². The number of ether oxygens (including phenoxy) is 2. The van der Waals surface area contributed by atoms with Gasteiger partial charge in [-0.15, -0.1) is 0 Å². The number of fused-ring (bicyclic) bond motifs is 1. The predicted molar refractivity (Wildman–Crippen MR) is 103 cm³/mol. The van der Waals surface area contributed by atoms with Crippen molar-refractivity contribution in [2.24, 2.45) is 7.05 Å². The summed E-state index contributed by atoms with van der Waals surface area (Å²) in [6, 6.07) is 6.65. The summed E-state index contributed by atoms with van der Waals surface area (Å²) < 4.78 is 37.7. The largest absolute Gasteiger partial charge is 0.468 e. The molecule has 3 aromatic heterocycles. The summed E-state index contributed by atoms with van der Waals surface area (Å²) in [6.07, 6.45) is 3.74. The lowest BCUT2D eigenvalue weighted by Crippen LogP contribution is -2.33. The first-order chi connectivity index (χ1) is 14.2. The van der Waals surface area contributed by atoms with Crippen LogP contribution in [0.15, 0.2) is 42.9 Å². The standard InChI is InChI=1S/C20H19F2N5O3/c1-20(2)16(29-19(21)22)13-7-11(8-23-18(13)30-20)17(28)26-15-6-4-5-14(25-15)12-9-24-27(3)10-12/h4-10,16,19H,1-3H3,(H,25,26,28). The van der Waals surface area contributed by atoms with Gasteiger partial charge in [-0.25, -0.2) is 9.97 Å². The van der Waals surface area contributed by atoms with Gasteiger partial charge in [0.25, 0.3) is 5.91 Å². The molecule has 1 unspecified atom stereocenters. The van der Waals surface area contributed by atoms with E-state index in [2.05, 4.69) is 20.4 Å².